The highest BCUT2D eigenvalue weighted by molar-refractivity contribution is 5.81. The van der Waals surface area contributed by atoms with Crippen molar-refractivity contribution in [1.29, 1.82) is 0 Å². The van der Waals surface area contributed by atoms with Crippen molar-refractivity contribution in [3.05, 3.63) is 0 Å². The molecule has 0 aliphatic rings. The summed E-state index contributed by atoms with van der Waals surface area (Å²) < 4.78 is 0. The Hall–Kier alpha value is -0.610. The van der Waals surface area contributed by atoms with Gasteiger partial charge in [-0.25, -0.2) is 0 Å². The molecule has 0 aromatic rings. The van der Waals surface area contributed by atoms with Gasteiger partial charge in [0.1, 0.15) is 0 Å². The molecule has 4 nitrogen and oxygen atoms in total. The first kappa shape index (κ1) is 18.4. The fraction of sp³-hybridized carbons (Fsp3) is 0.933. The third-order valence-electron chi connectivity index (χ3n) is 3.95. The summed E-state index contributed by atoms with van der Waals surface area (Å²) in [6.07, 6.45) is 5.14. The number of hydrogen-bond donors (Lipinski definition) is 2. The summed E-state index contributed by atoms with van der Waals surface area (Å²) in [5, 5.41) is 3.02. The molecule has 0 saturated heterocycles. The molecule has 0 aliphatic carbocycles. The van der Waals surface area contributed by atoms with Gasteiger partial charge >= 0.3 is 0 Å². The number of nitrogens with one attached hydrogen (secondary N) is 1. The van der Waals surface area contributed by atoms with Crippen molar-refractivity contribution in [2.75, 3.05) is 20.6 Å². The Morgan fingerprint density at radius 3 is 2.21 bits per heavy atom. The van der Waals surface area contributed by atoms with E-state index >= 15 is 0 Å². The molecule has 0 bridgehead atoms. The van der Waals surface area contributed by atoms with E-state index in [1.165, 1.54) is 0 Å². The van der Waals surface area contributed by atoms with Crippen molar-refractivity contribution in [2.45, 2.75) is 65.0 Å². The second kappa shape index (κ2) is 10.2. The highest BCUT2D eigenvalue weighted by Crippen LogP contribution is 2.16. The largest absolute Gasteiger partial charge is 0.353 e. The maximum Gasteiger partial charge on any atom is 0.236 e. The zero-order valence-corrected chi connectivity index (χ0v) is 13.4. The highest BCUT2D eigenvalue weighted by atomic mass is 16.2. The average molecular weight is 271 g/mol. The number of carbonyl (C=O) groups is 1. The Balaban J connectivity index is 4.27. The van der Waals surface area contributed by atoms with Gasteiger partial charge in [-0.15, -0.1) is 0 Å². The summed E-state index contributed by atoms with van der Waals surface area (Å²) in [5.74, 6) is 0.605. The van der Waals surface area contributed by atoms with Gasteiger partial charge in [-0.05, 0) is 26.4 Å². The van der Waals surface area contributed by atoms with Crippen LogP contribution in [0.4, 0.5) is 0 Å². The molecule has 19 heavy (non-hydrogen) atoms. The molecule has 0 fully saturated rings. The smallest absolute Gasteiger partial charge is 0.236 e. The Morgan fingerprint density at radius 2 is 1.79 bits per heavy atom. The number of unbranched alkanes of at least 4 members (excludes halogenated alkanes) is 1. The summed E-state index contributed by atoms with van der Waals surface area (Å²) in [6, 6.07) is 0.0294. The molecule has 3 N–H and O–H groups in total. The van der Waals surface area contributed by atoms with Crippen LogP contribution in [0, 0.1) is 5.92 Å². The molecule has 0 aliphatic heterocycles. The van der Waals surface area contributed by atoms with Crippen LogP contribution in [0.2, 0.25) is 0 Å². The quantitative estimate of drug-likeness (QED) is 0.639. The Labute approximate surface area is 119 Å². The number of nitrogens with zero attached hydrogens (tertiary/aromatic N) is 1. The first-order valence-electron chi connectivity index (χ1n) is 7.67. The first-order chi connectivity index (χ1) is 8.97. The lowest BCUT2D eigenvalue weighted by atomic mass is 9.93. The molecular weight excluding hydrogens is 238 g/mol. The van der Waals surface area contributed by atoms with Gasteiger partial charge in [-0.2, -0.15) is 0 Å². The maximum atomic E-state index is 11.9. The van der Waals surface area contributed by atoms with E-state index in [9.17, 15) is 4.79 Å². The maximum absolute atomic E-state index is 11.9. The number of nitrogens with two attached hydrogens (primary N) is 1. The van der Waals surface area contributed by atoms with E-state index in [1.54, 1.807) is 0 Å². The SMILES string of the molecule is CCCCC(N)C(=O)NCC(C(CC)CC)N(C)C. The van der Waals surface area contributed by atoms with Crippen molar-refractivity contribution in [2.24, 2.45) is 11.7 Å². The van der Waals surface area contributed by atoms with Crippen LogP contribution < -0.4 is 11.1 Å². The highest BCUT2D eigenvalue weighted by Gasteiger charge is 2.22. The molecule has 2 unspecified atom stereocenters. The van der Waals surface area contributed by atoms with Crippen LogP contribution in [-0.2, 0) is 4.79 Å². The average Bonchev–Trinajstić information content (AvgIpc) is 2.39. The van der Waals surface area contributed by atoms with Crippen LogP contribution in [-0.4, -0.2) is 43.5 Å². The van der Waals surface area contributed by atoms with Crippen molar-refractivity contribution >= 4 is 5.91 Å². The lowest BCUT2D eigenvalue weighted by Crippen LogP contribution is -2.48. The van der Waals surface area contributed by atoms with Gasteiger partial charge in [-0.1, -0.05) is 46.5 Å². The van der Waals surface area contributed by atoms with Crippen molar-refractivity contribution < 1.29 is 4.79 Å². The van der Waals surface area contributed by atoms with E-state index in [1.807, 2.05) is 0 Å². The molecule has 0 spiro atoms. The normalized spacial score (nSPS) is 14.7. The fourth-order valence-corrected chi connectivity index (χ4v) is 2.50. The topological polar surface area (TPSA) is 58.4 Å². The molecule has 0 saturated carbocycles. The number of hydrogen-bond acceptors (Lipinski definition) is 3. The van der Waals surface area contributed by atoms with Gasteiger partial charge in [0.15, 0.2) is 0 Å². The predicted octanol–water partition coefficient (Wildman–Crippen LogP) is 1.99. The van der Waals surface area contributed by atoms with E-state index in [0.29, 0.717) is 18.5 Å². The molecular formula is C15H33N3O. The van der Waals surface area contributed by atoms with Crippen molar-refractivity contribution in [3.8, 4) is 0 Å². The third-order valence-corrected chi connectivity index (χ3v) is 3.95. The minimum Gasteiger partial charge on any atom is -0.353 e. The van der Waals surface area contributed by atoms with E-state index in [-0.39, 0.29) is 11.9 Å². The lowest BCUT2D eigenvalue weighted by Gasteiger charge is -2.31. The van der Waals surface area contributed by atoms with Gasteiger partial charge < -0.3 is 16.0 Å². The van der Waals surface area contributed by atoms with Gasteiger partial charge in [0.05, 0.1) is 6.04 Å². The van der Waals surface area contributed by atoms with Crippen molar-refractivity contribution in [3.63, 3.8) is 0 Å². The summed E-state index contributed by atoms with van der Waals surface area (Å²) >= 11 is 0. The van der Waals surface area contributed by atoms with Crippen LogP contribution >= 0.6 is 0 Å². The molecule has 0 aromatic heterocycles. The Bertz CT molecular complexity index is 240. The van der Waals surface area contributed by atoms with Crippen molar-refractivity contribution in [1.82, 2.24) is 10.2 Å². The van der Waals surface area contributed by atoms with E-state index in [4.69, 9.17) is 5.73 Å². The molecule has 0 rings (SSSR count). The standard InChI is InChI=1S/C15H33N3O/c1-6-9-10-13(16)15(19)17-11-14(18(4)5)12(7-2)8-3/h12-14H,6-11,16H2,1-5H3,(H,17,19). The molecule has 1 amide bonds. The molecule has 0 aromatic carbocycles. The minimum atomic E-state index is -0.357. The molecule has 0 heterocycles. The monoisotopic (exact) mass is 271 g/mol. The Kier molecular flexibility index (Phi) is 9.88. The predicted molar refractivity (Wildman–Crippen MR) is 82.1 cm³/mol. The number of likely N-dealkylation sites (N-methyl/N-ethyl adjacent to an activating group) is 1. The van der Waals surface area contributed by atoms with Gasteiger partial charge in [0.25, 0.3) is 0 Å². The van der Waals surface area contributed by atoms with E-state index < -0.39 is 0 Å². The fourth-order valence-electron chi connectivity index (χ4n) is 2.50. The van der Waals surface area contributed by atoms with Crippen LogP contribution in [0.1, 0.15) is 52.9 Å². The summed E-state index contributed by atoms with van der Waals surface area (Å²) in [5.41, 5.74) is 5.88. The number of carbonyl (C=O) groups excluding carboxylic acids is 1. The molecule has 0 radical (unpaired) electrons. The second-order valence-electron chi connectivity index (χ2n) is 5.60. The second-order valence-corrected chi connectivity index (χ2v) is 5.60. The summed E-state index contributed by atoms with van der Waals surface area (Å²) in [7, 11) is 4.15. The van der Waals surface area contributed by atoms with Gasteiger partial charge in [0.2, 0.25) is 5.91 Å². The van der Waals surface area contributed by atoms with Gasteiger partial charge in [-0.3, -0.25) is 4.79 Å². The Morgan fingerprint density at radius 1 is 1.21 bits per heavy atom. The number of rotatable bonds is 10. The third kappa shape index (κ3) is 6.92. The first-order valence-corrected chi connectivity index (χ1v) is 7.67. The van der Waals surface area contributed by atoms with E-state index in [2.05, 4.69) is 45.1 Å². The van der Waals surface area contributed by atoms with Crippen LogP contribution in [0.5, 0.6) is 0 Å². The van der Waals surface area contributed by atoms with Crippen LogP contribution in [0.15, 0.2) is 0 Å². The lowest BCUT2D eigenvalue weighted by molar-refractivity contribution is -0.122. The van der Waals surface area contributed by atoms with E-state index in [0.717, 1.165) is 32.1 Å². The van der Waals surface area contributed by atoms with Crippen LogP contribution in [0.25, 0.3) is 0 Å². The zero-order chi connectivity index (χ0) is 14.8. The molecule has 2 atom stereocenters. The van der Waals surface area contributed by atoms with Crippen LogP contribution in [0.3, 0.4) is 0 Å². The summed E-state index contributed by atoms with van der Waals surface area (Å²) in [4.78, 5) is 14.1. The molecule has 114 valence electrons. The number of amides is 1. The minimum absolute atomic E-state index is 0.00810. The van der Waals surface area contributed by atoms with Gasteiger partial charge in [0, 0.05) is 12.6 Å². The summed E-state index contributed by atoms with van der Waals surface area (Å²) in [6.45, 7) is 7.22. The zero-order valence-electron chi connectivity index (χ0n) is 13.4. The molecule has 4 heteroatoms.